The van der Waals surface area contributed by atoms with E-state index in [0.717, 1.165) is 5.70 Å². The first kappa shape index (κ1) is 14.8. The average Bonchev–Trinajstić information content (AvgIpc) is 2.20. The Morgan fingerprint density at radius 1 is 1.38 bits per heavy atom. The third kappa shape index (κ3) is 5.03. The standard InChI is InChI=1S/C12H18ClNO2/c1-5-6-11(12(15)16)14(4)10(3)8-7-9(2)13/h6-8H,5H2,1-4H3,(H,15,16). The molecule has 0 saturated carbocycles. The van der Waals surface area contributed by atoms with Crippen LogP contribution < -0.4 is 0 Å². The van der Waals surface area contributed by atoms with Crippen molar-refractivity contribution in [1.82, 2.24) is 4.90 Å². The average molecular weight is 244 g/mol. The Labute approximate surface area is 102 Å². The predicted molar refractivity (Wildman–Crippen MR) is 67.1 cm³/mol. The van der Waals surface area contributed by atoms with Crippen LogP contribution in [0, 0.1) is 0 Å². The predicted octanol–water partition coefficient (Wildman–Crippen LogP) is 3.34. The number of hydrogen-bond acceptors (Lipinski definition) is 2. The molecule has 0 aliphatic heterocycles. The summed E-state index contributed by atoms with van der Waals surface area (Å²) in [6.07, 6.45) is 5.88. The Kier molecular flexibility index (Phi) is 6.58. The van der Waals surface area contributed by atoms with Crippen molar-refractivity contribution in [2.75, 3.05) is 7.05 Å². The third-order valence-corrected chi connectivity index (χ3v) is 2.19. The van der Waals surface area contributed by atoms with Crippen molar-refractivity contribution < 1.29 is 9.90 Å². The summed E-state index contributed by atoms with van der Waals surface area (Å²) in [7, 11) is 1.72. The highest BCUT2D eigenvalue weighted by molar-refractivity contribution is 6.29. The van der Waals surface area contributed by atoms with Crippen molar-refractivity contribution in [3.8, 4) is 0 Å². The van der Waals surface area contributed by atoms with E-state index in [-0.39, 0.29) is 5.70 Å². The molecule has 0 amide bonds. The zero-order valence-corrected chi connectivity index (χ0v) is 10.9. The van der Waals surface area contributed by atoms with Crippen LogP contribution in [-0.4, -0.2) is 23.0 Å². The van der Waals surface area contributed by atoms with E-state index in [2.05, 4.69) is 0 Å². The largest absolute Gasteiger partial charge is 0.477 e. The van der Waals surface area contributed by atoms with E-state index in [4.69, 9.17) is 16.7 Å². The molecule has 0 spiro atoms. The van der Waals surface area contributed by atoms with Gasteiger partial charge in [-0.3, -0.25) is 0 Å². The molecule has 0 atom stereocenters. The lowest BCUT2D eigenvalue weighted by Crippen LogP contribution is -2.21. The monoisotopic (exact) mass is 243 g/mol. The number of nitrogens with zero attached hydrogens (tertiary/aromatic N) is 1. The van der Waals surface area contributed by atoms with E-state index >= 15 is 0 Å². The summed E-state index contributed by atoms with van der Waals surface area (Å²) in [5, 5.41) is 9.68. The second kappa shape index (κ2) is 7.12. The number of carboxylic acid groups (broad SMARTS) is 1. The lowest BCUT2D eigenvalue weighted by molar-refractivity contribution is -0.134. The van der Waals surface area contributed by atoms with Crippen LogP contribution in [0.1, 0.15) is 27.2 Å². The molecule has 3 nitrogen and oxygen atoms in total. The molecule has 0 unspecified atom stereocenters. The molecule has 0 saturated heterocycles. The van der Waals surface area contributed by atoms with Crippen molar-refractivity contribution in [3.63, 3.8) is 0 Å². The summed E-state index contributed by atoms with van der Waals surface area (Å²) in [5.74, 6) is -0.927. The first-order valence-corrected chi connectivity index (χ1v) is 5.45. The molecule has 90 valence electrons. The highest BCUT2D eigenvalue weighted by Crippen LogP contribution is 2.12. The smallest absolute Gasteiger partial charge is 0.352 e. The number of hydrogen-bond donors (Lipinski definition) is 1. The van der Waals surface area contributed by atoms with Gasteiger partial charge < -0.3 is 10.0 Å². The van der Waals surface area contributed by atoms with E-state index in [1.165, 1.54) is 0 Å². The molecule has 16 heavy (non-hydrogen) atoms. The van der Waals surface area contributed by atoms with Gasteiger partial charge in [0.25, 0.3) is 0 Å². The maximum atomic E-state index is 11.0. The van der Waals surface area contributed by atoms with E-state index in [0.29, 0.717) is 11.5 Å². The van der Waals surface area contributed by atoms with Gasteiger partial charge in [0.15, 0.2) is 0 Å². The Morgan fingerprint density at radius 2 is 1.94 bits per heavy atom. The number of likely N-dealkylation sites (N-methyl/N-ethyl adjacent to an activating group) is 1. The first-order valence-electron chi connectivity index (χ1n) is 5.08. The molecule has 1 N–H and O–H groups in total. The van der Waals surface area contributed by atoms with Gasteiger partial charge in [-0.25, -0.2) is 4.79 Å². The Balaban J connectivity index is 4.95. The lowest BCUT2D eigenvalue weighted by Gasteiger charge is -2.20. The summed E-state index contributed by atoms with van der Waals surface area (Å²) in [6.45, 7) is 5.51. The topological polar surface area (TPSA) is 40.5 Å². The zero-order chi connectivity index (χ0) is 12.7. The van der Waals surface area contributed by atoms with Crippen molar-refractivity contribution in [2.45, 2.75) is 27.2 Å². The van der Waals surface area contributed by atoms with E-state index in [1.807, 2.05) is 13.8 Å². The molecule has 0 fully saturated rings. The first-order chi connectivity index (χ1) is 7.40. The Hall–Kier alpha value is -1.22. The van der Waals surface area contributed by atoms with Crippen LogP contribution >= 0.6 is 11.6 Å². The second-order valence-corrected chi connectivity index (χ2v) is 4.02. The maximum Gasteiger partial charge on any atom is 0.352 e. The van der Waals surface area contributed by atoms with E-state index in [1.54, 1.807) is 37.1 Å². The minimum atomic E-state index is -0.927. The van der Waals surface area contributed by atoms with Gasteiger partial charge in [-0.15, -0.1) is 0 Å². The highest BCUT2D eigenvalue weighted by Gasteiger charge is 2.12. The minimum absolute atomic E-state index is 0.275. The van der Waals surface area contributed by atoms with Crippen LogP contribution in [0.15, 0.2) is 34.7 Å². The van der Waals surface area contributed by atoms with Gasteiger partial charge in [-0.05, 0) is 32.4 Å². The van der Waals surface area contributed by atoms with Crippen molar-refractivity contribution in [2.24, 2.45) is 0 Å². The third-order valence-electron chi connectivity index (χ3n) is 2.06. The molecule has 4 heteroatoms. The minimum Gasteiger partial charge on any atom is -0.477 e. The molecule has 0 rings (SSSR count). The van der Waals surface area contributed by atoms with Gasteiger partial charge in [-0.1, -0.05) is 24.6 Å². The summed E-state index contributed by atoms with van der Waals surface area (Å²) in [4.78, 5) is 12.6. The summed E-state index contributed by atoms with van der Waals surface area (Å²) in [6, 6.07) is 0. The number of halogens is 1. The van der Waals surface area contributed by atoms with Crippen LogP contribution in [0.2, 0.25) is 0 Å². The van der Waals surface area contributed by atoms with Crippen LogP contribution in [0.4, 0.5) is 0 Å². The van der Waals surface area contributed by atoms with Crippen molar-refractivity contribution >= 4 is 17.6 Å². The van der Waals surface area contributed by atoms with Gasteiger partial charge in [0.1, 0.15) is 5.70 Å². The molecule has 0 aromatic carbocycles. The number of carbonyl (C=O) groups is 1. The van der Waals surface area contributed by atoms with Crippen molar-refractivity contribution in [3.05, 3.63) is 34.7 Å². The fraction of sp³-hybridized carbons (Fsp3) is 0.417. The number of rotatable bonds is 5. The summed E-state index contributed by atoms with van der Waals surface area (Å²) < 4.78 is 0. The van der Waals surface area contributed by atoms with Crippen LogP contribution in [-0.2, 0) is 4.79 Å². The number of carboxylic acids is 1. The Bertz CT molecular complexity index is 339. The molecule has 0 aliphatic rings. The fourth-order valence-electron chi connectivity index (χ4n) is 1.10. The fourth-order valence-corrected chi connectivity index (χ4v) is 1.16. The molecule has 0 bridgehead atoms. The van der Waals surface area contributed by atoms with Crippen LogP contribution in [0.25, 0.3) is 0 Å². The highest BCUT2D eigenvalue weighted by atomic mass is 35.5. The SMILES string of the molecule is CCC=C(C(=O)O)N(C)C(C)=CC=C(C)Cl. The number of aliphatic carboxylic acids is 1. The lowest BCUT2D eigenvalue weighted by atomic mass is 10.2. The number of allylic oxidation sites excluding steroid dienone is 5. The molecule has 0 heterocycles. The van der Waals surface area contributed by atoms with E-state index < -0.39 is 5.97 Å². The normalized spacial score (nSPS) is 13.9. The summed E-state index contributed by atoms with van der Waals surface area (Å²) in [5.41, 5.74) is 1.10. The molecule has 0 radical (unpaired) electrons. The molecule has 0 aliphatic carbocycles. The van der Waals surface area contributed by atoms with Crippen LogP contribution in [0.3, 0.4) is 0 Å². The van der Waals surface area contributed by atoms with Crippen LogP contribution in [0.5, 0.6) is 0 Å². The van der Waals surface area contributed by atoms with Gasteiger partial charge >= 0.3 is 5.97 Å². The quantitative estimate of drug-likeness (QED) is 0.595. The van der Waals surface area contributed by atoms with Gasteiger partial charge in [0.2, 0.25) is 0 Å². The van der Waals surface area contributed by atoms with E-state index in [9.17, 15) is 4.79 Å². The molecular formula is C12H18ClNO2. The second-order valence-electron chi connectivity index (χ2n) is 3.42. The van der Waals surface area contributed by atoms with Crippen molar-refractivity contribution in [1.29, 1.82) is 0 Å². The molecular weight excluding hydrogens is 226 g/mol. The van der Waals surface area contributed by atoms with Gasteiger partial charge in [-0.2, -0.15) is 0 Å². The zero-order valence-electron chi connectivity index (χ0n) is 10.1. The molecule has 0 aromatic heterocycles. The maximum absolute atomic E-state index is 11.0. The molecule has 0 aromatic rings. The summed E-state index contributed by atoms with van der Waals surface area (Å²) >= 11 is 5.70. The van der Waals surface area contributed by atoms with Gasteiger partial charge in [0, 0.05) is 17.8 Å². The Morgan fingerprint density at radius 3 is 2.31 bits per heavy atom. The van der Waals surface area contributed by atoms with Gasteiger partial charge in [0.05, 0.1) is 0 Å².